The van der Waals surface area contributed by atoms with Crippen molar-refractivity contribution in [3.8, 4) is 11.1 Å². The summed E-state index contributed by atoms with van der Waals surface area (Å²) >= 11 is 5.86. The van der Waals surface area contributed by atoms with Crippen LogP contribution >= 0.6 is 11.6 Å². The van der Waals surface area contributed by atoms with Crippen molar-refractivity contribution in [3.63, 3.8) is 0 Å². The minimum atomic E-state index is -1.18. The van der Waals surface area contributed by atoms with E-state index in [1.54, 1.807) is 6.07 Å². The molecule has 0 aliphatic rings. The Morgan fingerprint density at radius 3 is 2.40 bits per heavy atom. The first-order valence-electron chi connectivity index (χ1n) is 5.48. The summed E-state index contributed by atoms with van der Waals surface area (Å²) in [5.74, 6) is -1.93. The van der Waals surface area contributed by atoms with Gasteiger partial charge in [-0.1, -0.05) is 17.7 Å². The predicted molar refractivity (Wildman–Crippen MR) is 74.6 cm³/mol. The minimum Gasteiger partial charge on any atom is -0.478 e. The van der Waals surface area contributed by atoms with Gasteiger partial charge in [-0.05, 0) is 23.8 Å². The highest BCUT2D eigenvalue weighted by molar-refractivity contribution is 6.33. The van der Waals surface area contributed by atoms with Gasteiger partial charge in [0.05, 0.1) is 10.6 Å². The average molecular weight is 292 g/mol. The number of aromatic nitrogens is 1. The highest BCUT2D eigenvalue weighted by atomic mass is 35.5. The molecule has 0 aliphatic carbocycles. The zero-order valence-corrected chi connectivity index (χ0v) is 10.9. The predicted octanol–water partition coefficient (Wildman–Crippen LogP) is 1.78. The molecular formula is C13H10ClN3O3. The van der Waals surface area contributed by atoms with E-state index in [0.717, 1.165) is 0 Å². The van der Waals surface area contributed by atoms with E-state index in [1.807, 2.05) is 0 Å². The van der Waals surface area contributed by atoms with E-state index in [4.69, 9.17) is 28.2 Å². The first-order valence-corrected chi connectivity index (χ1v) is 5.86. The summed E-state index contributed by atoms with van der Waals surface area (Å²) in [7, 11) is 0. The molecule has 102 valence electrons. The zero-order valence-electron chi connectivity index (χ0n) is 10.1. The normalized spacial score (nSPS) is 10.2. The van der Waals surface area contributed by atoms with Gasteiger partial charge in [0, 0.05) is 11.8 Å². The van der Waals surface area contributed by atoms with Crippen molar-refractivity contribution in [2.24, 2.45) is 5.73 Å². The molecule has 2 aromatic rings. The topological polar surface area (TPSA) is 119 Å². The van der Waals surface area contributed by atoms with Crippen molar-refractivity contribution in [1.29, 1.82) is 0 Å². The number of halogens is 1. The Morgan fingerprint density at radius 2 is 1.80 bits per heavy atom. The van der Waals surface area contributed by atoms with Crippen LogP contribution in [0.1, 0.15) is 20.7 Å². The second kappa shape index (κ2) is 5.18. The van der Waals surface area contributed by atoms with Crippen molar-refractivity contribution in [2.45, 2.75) is 0 Å². The average Bonchev–Trinajstić information content (AvgIpc) is 2.39. The number of primary amides is 1. The minimum absolute atomic E-state index is 0.0784. The Labute approximate surface area is 119 Å². The van der Waals surface area contributed by atoms with Crippen molar-refractivity contribution >= 4 is 29.3 Å². The molecule has 0 saturated heterocycles. The fourth-order valence-corrected chi connectivity index (χ4v) is 1.91. The first kappa shape index (κ1) is 13.8. The summed E-state index contributed by atoms with van der Waals surface area (Å²) < 4.78 is 0. The fraction of sp³-hybridized carbons (Fsp3) is 0. The molecule has 6 nitrogen and oxygen atoms in total. The molecule has 0 atom stereocenters. The maximum Gasteiger partial charge on any atom is 0.339 e. The SMILES string of the molecule is NC(=O)c1cc(-c2cnc(N)c(C(=O)O)c2)ccc1Cl. The maximum atomic E-state index is 11.2. The molecule has 0 radical (unpaired) electrons. The van der Waals surface area contributed by atoms with Gasteiger partial charge in [0.2, 0.25) is 5.91 Å². The summed E-state index contributed by atoms with van der Waals surface area (Å²) in [5, 5.41) is 9.23. The summed E-state index contributed by atoms with van der Waals surface area (Å²) in [6.45, 7) is 0. The molecule has 1 heterocycles. The van der Waals surface area contributed by atoms with Crippen LogP contribution in [-0.2, 0) is 0 Å². The number of benzene rings is 1. The molecule has 0 spiro atoms. The highest BCUT2D eigenvalue weighted by Gasteiger charge is 2.13. The summed E-state index contributed by atoms with van der Waals surface area (Å²) in [6.07, 6.45) is 1.41. The van der Waals surface area contributed by atoms with Crippen molar-refractivity contribution in [2.75, 3.05) is 5.73 Å². The van der Waals surface area contributed by atoms with Crippen LogP contribution in [0.5, 0.6) is 0 Å². The number of pyridine rings is 1. The number of hydrogen-bond donors (Lipinski definition) is 3. The van der Waals surface area contributed by atoms with Crippen LogP contribution in [0.25, 0.3) is 11.1 Å². The lowest BCUT2D eigenvalue weighted by Gasteiger charge is -2.07. The largest absolute Gasteiger partial charge is 0.478 e. The smallest absolute Gasteiger partial charge is 0.339 e. The van der Waals surface area contributed by atoms with Gasteiger partial charge < -0.3 is 16.6 Å². The number of carbonyl (C=O) groups excluding carboxylic acids is 1. The van der Waals surface area contributed by atoms with E-state index >= 15 is 0 Å². The molecule has 5 N–H and O–H groups in total. The van der Waals surface area contributed by atoms with Crippen molar-refractivity contribution in [3.05, 3.63) is 46.6 Å². The van der Waals surface area contributed by atoms with Gasteiger partial charge >= 0.3 is 5.97 Å². The van der Waals surface area contributed by atoms with E-state index < -0.39 is 11.9 Å². The highest BCUT2D eigenvalue weighted by Crippen LogP contribution is 2.26. The summed E-state index contributed by atoms with van der Waals surface area (Å²) in [6, 6.07) is 5.99. The van der Waals surface area contributed by atoms with Crippen molar-refractivity contribution < 1.29 is 14.7 Å². The van der Waals surface area contributed by atoms with Crippen LogP contribution in [0, 0.1) is 0 Å². The van der Waals surface area contributed by atoms with Gasteiger partial charge in [0.15, 0.2) is 0 Å². The number of rotatable bonds is 3. The van der Waals surface area contributed by atoms with Crippen LogP contribution in [-0.4, -0.2) is 22.0 Å². The molecule has 7 heteroatoms. The van der Waals surface area contributed by atoms with Crippen LogP contribution in [0.2, 0.25) is 5.02 Å². The molecule has 1 amide bonds. The molecule has 0 fully saturated rings. The lowest BCUT2D eigenvalue weighted by Crippen LogP contribution is -2.11. The second-order valence-electron chi connectivity index (χ2n) is 4.02. The molecule has 0 unspecified atom stereocenters. The third-order valence-electron chi connectivity index (χ3n) is 2.71. The maximum absolute atomic E-state index is 11.2. The Bertz CT molecular complexity index is 655. The van der Waals surface area contributed by atoms with Crippen LogP contribution in [0.3, 0.4) is 0 Å². The Morgan fingerprint density at radius 1 is 1.15 bits per heavy atom. The Hall–Kier alpha value is -2.60. The molecule has 1 aromatic carbocycles. The molecule has 0 aliphatic heterocycles. The van der Waals surface area contributed by atoms with E-state index in [-0.39, 0.29) is 22.0 Å². The first-order chi connectivity index (χ1) is 9.40. The lowest BCUT2D eigenvalue weighted by atomic mass is 10.0. The van der Waals surface area contributed by atoms with E-state index in [0.29, 0.717) is 11.1 Å². The van der Waals surface area contributed by atoms with Gasteiger partial charge in [-0.15, -0.1) is 0 Å². The number of hydrogen-bond acceptors (Lipinski definition) is 4. The molecule has 1 aromatic heterocycles. The number of carboxylic acids is 1. The third-order valence-corrected chi connectivity index (χ3v) is 3.04. The summed E-state index contributed by atoms with van der Waals surface area (Å²) in [5.41, 5.74) is 11.8. The number of nitrogens with zero attached hydrogens (tertiary/aromatic N) is 1. The molecule has 0 bridgehead atoms. The Kier molecular flexibility index (Phi) is 3.58. The third kappa shape index (κ3) is 2.55. The number of nitrogens with two attached hydrogens (primary N) is 2. The van der Waals surface area contributed by atoms with E-state index in [2.05, 4.69) is 4.98 Å². The van der Waals surface area contributed by atoms with Gasteiger partial charge in [-0.3, -0.25) is 4.79 Å². The zero-order chi connectivity index (χ0) is 14.9. The number of carbonyl (C=O) groups is 2. The standard InChI is InChI=1S/C13H10ClN3O3/c14-10-2-1-6(3-8(10)12(16)18)7-4-9(13(19)20)11(15)17-5-7/h1-5H,(H2,15,17)(H2,16,18)(H,19,20). The van der Waals surface area contributed by atoms with Crippen LogP contribution < -0.4 is 11.5 Å². The molecule has 20 heavy (non-hydrogen) atoms. The molecule has 0 saturated carbocycles. The Balaban J connectivity index is 2.57. The quantitative estimate of drug-likeness (QED) is 0.796. The lowest BCUT2D eigenvalue weighted by molar-refractivity contribution is 0.0697. The number of nitrogen functional groups attached to an aromatic ring is 1. The number of anilines is 1. The number of carboxylic acid groups (broad SMARTS) is 1. The van der Waals surface area contributed by atoms with Gasteiger partial charge in [0.1, 0.15) is 11.4 Å². The molecule has 2 rings (SSSR count). The van der Waals surface area contributed by atoms with Crippen LogP contribution in [0.4, 0.5) is 5.82 Å². The molecular weight excluding hydrogens is 282 g/mol. The number of aromatic carboxylic acids is 1. The number of amides is 1. The van der Waals surface area contributed by atoms with Crippen LogP contribution in [0.15, 0.2) is 30.5 Å². The summed E-state index contributed by atoms with van der Waals surface area (Å²) in [4.78, 5) is 26.1. The van der Waals surface area contributed by atoms with Gasteiger partial charge in [0.25, 0.3) is 0 Å². The van der Waals surface area contributed by atoms with Gasteiger partial charge in [-0.2, -0.15) is 0 Å². The monoisotopic (exact) mass is 291 g/mol. The van der Waals surface area contributed by atoms with Crippen molar-refractivity contribution in [1.82, 2.24) is 4.98 Å². The van der Waals surface area contributed by atoms with E-state index in [9.17, 15) is 9.59 Å². The van der Waals surface area contributed by atoms with Gasteiger partial charge in [-0.25, -0.2) is 9.78 Å². The fourth-order valence-electron chi connectivity index (χ4n) is 1.70. The second-order valence-corrected chi connectivity index (χ2v) is 4.43. The van der Waals surface area contributed by atoms with E-state index in [1.165, 1.54) is 24.4 Å².